The predicted octanol–water partition coefficient (Wildman–Crippen LogP) is 1.30. The maximum Gasteiger partial charge on any atom is 0.263 e. The van der Waals surface area contributed by atoms with Crippen molar-refractivity contribution < 1.29 is 9.59 Å². The van der Waals surface area contributed by atoms with Gasteiger partial charge in [0.2, 0.25) is 5.91 Å². The summed E-state index contributed by atoms with van der Waals surface area (Å²) in [7, 11) is 1.67. The third kappa shape index (κ3) is 3.36. The summed E-state index contributed by atoms with van der Waals surface area (Å²) in [5.74, 6) is -0.0964. The lowest BCUT2D eigenvalue weighted by Gasteiger charge is -2.32. The number of hydrogen-bond acceptors (Lipinski definition) is 4. The fraction of sp³-hybridized carbons (Fsp3) is 0.524. The number of amides is 2. The molecule has 4 heterocycles. The fourth-order valence-electron chi connectivity index (χ4n) is 4.36. The zero-order chi connectivity index (χ0) is 20.7. The van der Waals surface area contributed by atoms with E-state index in [0.717, 1.165) is 34.5 Å². The van der Waals surface area contributed by atoms with Crippen molar-refractivity contribution in [2.24, 2.45) is 7.05 Å². The normalized spacial score (nSPS) is 15.8. The van der Waals surface area contributed by atoms with Gasteiger partial charge < -0.3 is 14.4 Å². The number of pyridine rings is 1. The molecule has 2 aromatic rings. The van der Waals surface area contributed by atoms with Gasteiger partial charge in [-0.25, -0.2) is 0 Å². The molecule has 0 spiro atoms. The van der Waals surface area contributed by atoms with E-state index in [9.17, 15) is 14.4 Å². The van der Waals surface area contributed by atoms with Gasteiger partial charge in [-0.2, -0.15) is 5.10 Å². The van der Waals surface area contributed by atoms with Crippen LogP contribution in [0.25, 0.3) is 0 Å². The molecule has 8 nitrogen and oxygen atoms in total. The van der Waals surface area contributed by atoms with Crippen molar-refractivity contribution in [3.05, 3.63) is 50.2 Å². The van der Waals surface area contributed by atoms with Crippen LogP contribution in [0.15, 0.2) is 11.0 Å². The molecule has 0 bridgehead atoms. The third-order valence-corrected chi connectivity index (χ3v) is 6.01. The summed E-state index contributed by atoms with van der Waals surface area (Å²) < 4.78 is 1.47. The van der Waals surface area contributed by atoms with E-state index in [-0.39, 0.29) is 22.9 Å². The van der Waals surface area contributed by atoms with Crippen LogP contribution in [0.3, 0.4) is 0 Å². The summed E-state index contributed by atoms with van der Waals surface area (Å²) in [5.41, 5.74) is 4.69. The van der Waals surface area contributed by atoms with Gasteiger partial charge in [0.25, 0.3) is 11.5 Å². The topological polar surface area (TPSA) is 91.3 Å². The molecular weight excluding hydrogens is 370 g/mol. The largest absolute Gasteiger partial charge is 0.338 e. The highest BCUT2D eigenvalue weighted by atomic mass is 16.2. The average molecular weight is 397 g/mol. The zero-order valence-electron chi connectivity index (χ0n) is 17.2. The monoisotopic (exact) mass is 397 g/mol. The van der Waals surface area contributed by atoms with Crippen LogP contribution in [0.2, 0.25) is 0 Å². The van der Waals surface area contributed by atoms with E-state index in [0.29, 0.717) is 45.4 Å². The molecule has 0 aromatic carbocycles. The summed E-state index contributed by atoms with van der Waals surface area (Å²) >= 11 is 0. The Morgan fingerprint density at radius 1 is 1.14 bits per heavy atom. The molecule has 0 fully saturated rings. The fourth-order valence-corrected chi connectivity index (χ4v) is 4.36. The first-order chi connectivity index (χ1) is 13.9. The maximum atomic E-state index is 13.4. The Kier molecular flexibility index (Phi) is 5.02. The summed E-state index contributed by atoms with van der Waals surface area (Å²) in [6.07, 6.45) is 4.32. The summed E-state index contributed by atoms with van der Waals surface area (Å²) in [5, 5.41) is 7.28. The Morgan fingerprint density at radius 3 is 2.66 bits per heavy atom. The van der Waals surface area contributed by atoms with Gasteiger partial charge in [0.15, 0.2) is 0 Å². The van der Waals surface area contributed by atoms with Gasteiger partial charge in [-0.05, 0) is 30.9 Å². The Hall–Kier alpha value is -2.90. The molecule has 1 N–H and O–H groups in total. The first-order valence-electron chi connectivity index (χ1n) is 10.2. The van der Waals surface area contributed by atoms with E-state index in [1.165, 1.54) is 4.57 Å². The van der Waals surface area contributed by atoms with E-state index in [1.54, 1.807) is 18.1 Å². The summed E-state index contributed by atoms with van der Waals surface area (Å²) in [4.78, 5) is 42.2. The first-order valence-corrected chi connectivity index (χ1v) is 10.2. The molecule has 2 amide bonds. The SMILES string of the molecule is CCCC(=O)N1CCc2c(cn(C)c(=O)c2C(=O)N2CCc3n[nH]c(C)c3C2)C1. The lowest BCUT2D eigenvalue weighted by atomic mass is 9.94. The number of rotatable bonds is 3. The van der Waals surface area contributed by atoms with Gasteiger partial charge in [0.1, 0.15) is 5.56 Å². The molecular formula is C21H27N5O3. The number of carbonyl (C=O) groups excluding carboxylic acids is 2. The van der Waals surface area contributed by atoms with Crippen LogP contribution in [0.4, 0.5) is 0 Å². The lowest BCUT2D eigenvalue weighted by Crippen LogP contribution is -2.43. The molecule has 2 aliphatic heterocycles. The second-order valence-corrected chi connectivity index (χ2v) is 7.99. The van der Waals surface area contributed by atoms with Crippen LogP contribution in [0, 0.1) is 6.92 Å². The average Bonchev–Trinajstić information content (AvgIpc) is 3.08. The lowest BCUT2D eigenvalue weighted by molar-refractivity contribution is -0.132. The molecule has 29 heavy (non-hydrogen) atoms. The van der Waals surface area contributed by atoms with E-state index >= 15 is 0 Å². The van der Waals surface area contributed by atoms with Crippen molar-refractivity contribution in [2.75, 3.05) is 13.1 Å². The van der Waals surface area contributed by atoms with Crippen molar-refractivity contribution in [1.29, 1.82) is 0 Å². The van der Waals surface area contributed by atoms with Gasteiger partial charge in [-0.3, -0.25) is 19.5 Å². The van der Waals surface area contributed by atoms with Crippen molar-refractivity contribution >= 4 is 11.8 Å². The second kappa shape index (κ2) is 7.50. The van der Waals surface area contributed by atoms with E-state index < -0.39 is 0 Å². The van der Waals surface area contributed by atoms with E-state index in [2.05, 4.69) is 10.2 Å². The number of hydrogen-bond donors (Lipinski definition) is 1. The summed E-state index contributed by atoms with van der Waals surface area (Å²) in [6.45, 7) is 5.94. The van der Waals surface area contributed by atoms with Crippen molar-refractivity contribution in [3.63, 3.8) is 0 Å². The van der Waals surface area contributed by atoms with Gasteiger partial charge in [-0.15, -0.1) is 0 Å². The number of aromatic nitrogens is 3. The van der Waals surface area contributed by atoms with Crippen molar-refractivity contribution in [1.82, 2.24) is 24.6 Å². The Balaban J connectivity index is 1.66. The minimum absolute atomic E-state index is 0.124. The van der Waals surface area contributed by atoms with Crippen LogP contribution in [-0.4, -0.2) is 49.5 Å². The van der Waals surface area contributed by atoms with E-state index in [1.807, 2.05) is 18.7 Å². The van der Waals surface area contributed by atoms with Crippen LogP contribution in [-0.2, 0) is 37.8 Å². The molecule has 8 heteroatoms. The molecule has 154 valence electrons. The van der Waals surface area contributed by atoms with Crippen LogP contribution < -0.4 is 5.56 Å². The molecule has 0 unspecified atom stereocenters. The van der Waals surface area contributed by atoms with Crippen molar-refractivity contribution in [2.45, 2.75) is 52.6 Å². The van der Waals surface area contributed by atoms with E-state index in [4.69, 9.17) is 0 Å². The third-order valence-electron chi connectivity index (χ3n) is 6.01. The number of nitrogens with zero attached hydrogens (tertiary/aromatic N) is 4. The molecule has 2 aliphatic rings. The van der Waals surface area contributed by atoms with Crippen LogP contribution in [0.5, 0.6) is 0 Å². The Morgan fingerprint density at radius 2 is 1.90 bits per heavy atom. The standard InChI is InChI=1S/C21H27N5O3/c1-4-5-18(27)25-8-6-15-14(11-25)10-24(3)20(28)19(15)21(29)26-9-7-17-16(12-26)13(2)22-23-17/h10H,4-9,11-12H2,1-3H3,(H,22,23). The number of nitrogens with one attached hydrogen (secondary N) is 1. The maximum absolute atomic E-state index is 13.4. The molecule has 0 aliphatic carbocycles. The Labute approximate surface area is 169 Å². The molecule has 0 saturated heterocycles. The van der Waals surface area contributed by atoms with Crippen LogP contribution >= 0.6 is 0 Å². The molecule has 0 radical (unpaired) electrons. The van der Waals surface area contributed by atoms with Crippen LogP contribution in [0.1, 0.15) is 58.2 Å². The van der Waals surface area contributed by atoms with Gasteiger partial charge in [0, 0.05) is 63.5 Å². The number of aromatic amines is 1. The number of H-pyrrole nitrogens is 1. The van der Waals surface area contributed by atoms with Gasteiger partial charge in [-0.1, -0.05) is 6.92 Å². The Bertz CT molecular complexity index is 1040. The second-order valence-electron chi connectivity index (χ2n) is 7.99. The highest BCUT2D eigenvalue weighted by Gasteiger charge is 2.31. The molecule has 4 rings (SSSR count). The molecule has 2 aromatic heterocycles. The first kappa shape index (κ1) is 19.4. The highest BCUT2D eigenvalue weighted by molar-refractivity contribution is 5.96. The zero-order valence-corrected chi connectivity index (χ0v) is 17.2. The van der Waals surface area contributed by atoms with Gasteiger partial charge >= 0.3 is 0 Å². The van der Waals surface area contributed by atoms with Crippen molar-refractivity contribution in [3.8, 4) is 0 Å². The predicted molar refractivity (Wildman–Crippen MR) is 107 cm³/mol. The smallest absolute Gasteiger partial charge is 0.263 e. The minimum Gasteiger partial charge on any atom is -0.338 e. The minimum atomic E-state index is -0.267. The summed E-state index contributed by atoms with van der Waals surface area (Å²) in [6, 6.07) is 0. The number of fused-ring (bicyclic) bond motifs is 2. The highest BCUT2D eigenvalue weighted by Crippen LogP contribution is 2.25. The number of aryl methyl sites for hydroxylation is 2. The molecule has 0 saturated carbocycles. The number of carbonyl (C=O) groups is 2. The van der Waals surface area contributed by atoms with Gasteiger partial charge in [0.05, 0.1) is 5.69 Å². The molecule has 0 atom stereocenters. The quantitative estimate of drug-likeness (QED) is 0.845.